The smallest absolute Gasteiger partial charge is 0.357 e. The summed E-state index contributed by atoms with van der Waals surface area (Å²) in [6, 6.07) is 10.2. The van der Waals surface area contributed by atoms with Gasteiger partial charge in [0.15, 0.2) is 5.69 Å². The highest BCUT2D eigenvalue weighted by Crippen LogP contribution is 2.32. The molecule has 8 heteroatoms. The van der Waals surface area contributed by atoms with Crippen LogP contribution in [0.2, 0.25) is 0 Å². The first kappa shape index (κ1) is 17.3. The largest absolute Gasteiger partial charge is 0.476 e. The van der Waals surface area contributed by atoms with Crippen LogP contribution < -0.4 is 4.90 Å². The number of amides is 1. The molecule has 0 bridgehead atoms. The maximum atomic E-state index is 13.0. The first-order valence-electron chi connectivity index (χ1n) is 8.97. The molecule has 3 heterocycles. The van der Waals surface area contributed by atoms with E-state index in [0.717, 1.165) is 18.2 Å². The lowest BCUT2D eigenvalue weighted by molar-refractivity contribution is -0.138. The number of benzene rings is 1. The zero-order valence-electron chi connectivity index (χ0n) is 14.7. The van der Waals surface area contributed by atoms with Gasteiger partial charge in [0.1, 0.15) is 6.26 Å². The molecule has 0 radical (unpaired) electrons. The van der Waals surface area contributed by atoms with Crippen LogP contribution in [-0.4, -0.2) is 46.3 Å². The Kier molecular flexibility index (Phi) is 4.62. The Morgan fingerprint density at radius 3 is 2.56 bits per heavy atom. The second kappa shape index (κ2) is 7.22. The lowest BCUT2D eigenvalue weighted by Crippen LogP contribution is -2.41. The van der Waals surface area contributed by atoms with Crippen molar-refractivity contribution in [1.82, 2.24) is 9.99 Å². The van der Waals surface area contributed by atoms with Crippen molar-refractivity contribution in [1.29, 1.82) is 0 Å². The summed E-state index contributed by atoms with van der Waals surface area (Å²) in [5.74, 6) is -1.19. The number of carbonyl (C=O) groups is 2. The molecule has 2 aliphatic heterocycles. The third kappa shape index (κ3) is 3.42. The third-order valence-electron chi connectivity index (χ3n) is 5.07. The van der Waals surface area contributed by atoms with Crippen LogP contribution in [0, 0.1) is 5.92 Å². The molecule has 1 atom stereocenters. The van der Waals surface area contributed by atoms with Gasteiger partial charge in [-0.25, -0.2) is 9.80 Å². The summed E-state index contributed by atoms with van der Waals surface area (Å²) in [6.07, 6.45) is 4.96. The summed E-state index contributed by atoms with van der Waals surface area (Å²) in [5.41, 5.74) is 0.974. The van der Waals surface area contributed by atoms with Crippen molar-refractivity contribution < 1.29 is 19.1 Å². The van der Waals surface area contributed by atoms with E-state index in [1.165, 1.54) is 0 Å². The molecule has 1 aromatic carbocycles. The zero-order valence-corrected chi connectivity index (χ0v) is 14.7. The second-order valence-corrected chi connectivity index (χ2v) is 6.72. The minimum atomic E-state index is -1.12. The monoisotopic (exact) mass is 368 g/mol. The highest BCUT2D eigenvalue weighted by molar-refractivity contribution is 5.85. The summed E-state index contributed by atoms with van der Waals surface area (Å²) in [7, 11) is 0. The lowest BCUT2D eigenvalue weighted by Gasteiger charge is -2.33. The van der Waals surface area contributed by atoms with Gasteiger partial charge in [0, 0.05) is 31.6 Å². The van der Waals surface area contributed by atoms with E-state index in [4.69, 9.17) is 9.52 Å². The molecule has 1 aromatic heterocycles. The topological polar surface area (TPSA) is 99.2 Å². The van der Waals surface area contributed by atoms with E-state index in [-0.39, 0.29) is 23.6 Å². The fraction of sp³-hybridized carbons (Fsp3) is 0.368. The number of carboxylic acids is 1. The van der Waals surface area contributed by atoms with E-state index in [0.29, 0.717) is 31.9 Å². The minimum absolute atomic E-state index is 0.0379. The molecule has 1 N–H and O–H groups in total. The predicted octanol–water partition coefficient (Wildman–Crippen LogP) is 2.55. The van der Waals surface area contributed by atoms with Gasteiger partial charge in [0.25, 0.3) is 6.01 Å². The molecule has 0 saturated carbocycles. The molecule has 0 aliphatic carbocycles. The molecule has 1 saturated heterocycles. The van der Waals surface area contributed by atoms with Crippen molar-refractivity contribution in [3.63, 3.8) is 0 Å². The molecule has 0 spiro atoms. The van der Waals surface area contributed by atoms with Gasteiger partial charge in [0.05, 0.1) is 6.04 Å². The number of carboxylic acid groups (broad SMARTS) is 1. The minimum Gasteiger partial charge on any atom is -0.476 e. The summed E-state index contributed by atoms with van der Waals surface area (Å²) in [6.45, 7) is 1.17. The average molecular weight is 368 g/mol. The number of aromatic nitrogens is 1. The van der Waals surface area contributed by atoms with Crippen molar-refractivity contribution in [3.05, 3.63) is 47.9 Å². The number of rotatable bonds is 4. The Morgan fingerprint density at radius 1 is 1.15 bits per heavy atom. The maximum Gasteiger partial charge on any atom is 0.357 e. The number of carbonyl (C=O) groups excluding carboxylic acids is 1. The number of piperidine rings is 1. The molecule has 1 unspecified atom stereocenters. The van der Waals surface area contributed by atoms with E-state index in [9.17, 15) is 9.59 Å². The predicted molar refractivity (Wildman–Crippen MR) is 97.5 cm³/mol. The molecule has 140 valence electrons. The van der Waals surface area contributed by atoms with E-state index >= 15 is 0 Å². The first-order chi connectivity index (χ1) is 13.1. The fourth-order valence-electron chi connectivity index (χ4n) is 3.59. The van der Waals surface area contributed by atoms with E-state index in [2.05, 4.69) is 10.1 Å². The summed E-state index contributed by atoms with van der Waals surface area (Å²) >= 11 is 0. The van der Waals surface area contributed by atoms with E-state index < -0.39 is 5.97 Å². The van der Waals surface area contributed by atoms with Crippen LogP contribution in [0.5, 0.6) is 0 Å². The number of anilines is 1. The Labute approximate surface area is 156 Å². The molecule has 2 aromatic rings. The highest BCUT2D eigenvalue weighted by Gasteiger charge is 2.35. The van der Waals surface area contributed by atoms with Crippen molar-refractivity contribution >= 4 is 24.1 Å². The Balaban J connectivity index is 1.39. The van der Waals surface area contributed by atoms with Crippen LogP contribution in [0.15, 0.2) is 46.1 Å². The quantitative estimate of drug-likeness (QED) is 0.890. The van der Waals surface area contributed by atoms with Crippen LogP contribution in [0.25, 0.3) is 0 Å². The van der Waals surface area contributed by atoms with Gasteiger partial charge in [0.2, 0.25) is 5.91 Å². The van der Waals surface area contributed by atoms with Crippen molar-refractivity contribution in [2.24, 2.45) is 11.0 Å². The second-order valence-electron chi connectivity index (χ2n) is 6.72. The Morgan fingerprint density at radius 2 is 1.89 bits per heavy atom. The number of hydrazone groups is 1. The van der Waals surface area contributed by atoms with Crippen LogP contribution in [0.1, 0.15) is 41.4 Å². The molecule has 27 heavy (non-hydrogen) atoms. The average Bonchev–Trinajstić information content (AvgIpc) is 3.38. The van der Waals surface area contributed by atoms with Gasteiger partial charge in [-0.1, -0.05) is 30.3 Å². The molecule has 1 amide bonds. The molecular formula is C19H20N4O4. The number of hydrogen-bond donors (Lipinski definition) is 1. The molecule has 8 nitrogen and oxygen atoms in total. The van der Waals surface area contributed by atoms with Crippen LogP contribution in [0.3, 0.4) is 0 Å². The molecule has 2 aliphatic rings. The van der Waals surface area contributed by atoms with Crippen molar-refractivity contribution in [2.75, 3.05) is 18.0 Å². The first-order valence-corrected chi connectivity index (χ1v) is 8.97. The molecular weight excluding hydrogens is 348 g/mol. The standard InChI is InChI=1S/C19H20N4O4/c24-17(23-16(6-9-20-23)13-4-2-1-3-5-13)14-7-10-22(11-8-14)19-21-15(12-27-19)18(25)26/h1-5,9,12,14,16H,6-8,10-11H2,(H,25,26). The maximum absolute atomic E-state index is 13.0. The lowest BCUT2D eigenvalue weighted by atomic mass is 9.94. The van der Waals surface area contributed by atoms with Gasteiger partial charge in [-0.2, -0.15) is 10.1 Å². The summed E-state index contributed by atoms with van der Waals surface area (Å²) < 4.78 is 5.25. The highest BCUT2D eigenvalue weighted by atomic mass is 16.4. The van der Waals surface area contributed by atoms with Crippen LogP contribution in [0.4, 0.5) is 6.01 Å². The van der Waals surface area contributed by atoms with Crippen LogP contribution in [-0.2, 0) is 4.79 Å². The summed E-state index contributed by atoms with van der Waals surface area (Å²) in [5, 5.41) is 14.9. The fourth-order valence-corrected chi connectivity index (χ4v) is 3.59. The normalized spacial score (nSPS) is 20.2. The Hall–Kier alpha value is -3.16. The van der Waals surface area contributed by atoms with E-state index in [1.807, 2.05) is 35.2 Å². The van der Waals surface area contributed by atoms with Crippen LogP contribution >= 0.6 is 0 Å². The van der Waals surface area contributed by atoms with Crippen molar-refractivity contribution in [3.8, 4) is 0 Å². The summed E-state index contributed by atoms with van der Waals surface area (Å²) in [4.78, 5) is 29.8. The molecule has 4 rings (SSSR count). The van der Waals surface area contributed by atoms with Gasteiger partial charge in [-0.3, -0.25) is 4.79 Å². The zero-order chi connectivity index (χ0) is 18.8. The number of hydrogen-bond acceptors (Lipinski definition) is 6. The number of oxazole rings is 1. The third-order valence-corrected chi connectivity index (χ3v) is 5.07. The van der Waals surface area contributed by atoms with Gasteiger partial charge >= 0.3 is 5.97 Å². The Bertz CT molecular complexity index is 856. The van der Waals surface area contributed by atoms with Gasteiger partial charge < -0.3 is 14.4 Å². The number of aromatic carboxylic acids is 1. The van der Waals surface area contributed by atoms with Crippen molar-refractivity contribution in [2.45, 2.75) is 25.3 Å². The van der Waals surface area contributed by atoms with E-state index in [1.54, 1.807) is 11.2 Å². The van der Waals surface area contributed by atoms with Gasteiger partial charge in [-0.15, -0.1) is 0 Å². The van der Waals surface area contributed by atoms with Gasteiger partial charge in [-0.05, 0) is 18.4 Å². The molecule has 1 fully saturated rings. The SMILES string of the molecule is O=C(O)c1coc(N2CCC(C(=O)N3N=CCC3c3ccccc3)CC2)n1. The number of nitrogens with zero attached hydrogens (tertiary/aromatic N) is 4.